The van der Waals surface area contributed by atoms with Crippen molar-refractivity contribution >= 4 is 17.5 Å². The van der Waals surface area contributed by atoms with Crippen LogP contribution in [0, 0.1) is 0 Å². The van der Waals surface area contributed by atoms with Crippen LogP contribution in [0.15, 0.2) is 42.5 Å². The van der Waals surface area contributed by atoms with Crippen LogP contribution in [0.5, 0.6) is 0 Å². The molecule has 0 bridgehead atoms. The number of amides is 2. The maximum atomic E-state index is 12.4. The lowest BCUT2D eigenvalue weighted by molar-refractivity contribution is -0.116. The Morgan fingerprint density at radius 2 is 2.04 bits per heavy atom. The normalized spacial score (nSPS) is 18.5. The van der Waals surface area contributed by atoms with Crippen molar-refractivity contribution in [2.45, 2.75) is 25.4 Å². The highest BCUT2D eigenvalue weighted by atomic mass is 16.2. The summed E-state index contributed by atoms with van der Waals surface area (Å²) in [5.74, 6) is -0.133. The number of hydrogen-bond acceptors (Lipinski definition) is 3. The first-order chi connectivity index (χ1) is 11.7. The Labute approximate surface area is 140 Å². The fourth-order valence-electron chi connectivity index (χ4n) is 3.46. The molecule has 0 spiro atoms. The number of rotatable bonds is 3. The van der Waals surface area contributed by atoms with Gasteiger partial charge in [-0.2, -0.15) is 0 Å². The van der Waals surface area contributed by atoms with Crippen molar-refractivity contribution in [3.63, 3.8) is 0 Å². The number of hydrogen-bond donors (Lipinski definition) is 3. The highest BCUT2D eigenvalue weighted by molar-refractivity contribution is 6.00. The second-order valence-corrected chi connectivity index (χ2v) is 6.26. The topological polar surface area (TPSA) is 70.2 Å². The van der Waals surface area contributed by atoms with Gasteiger partial charge in [0.25, 0.3) is 5.91 Å². The highest BCUT2D eigenvalue weighted by Crippen LogP contribution is 2.26. The van der Waals surface area contributed by atoms with Gasteiger partial charge in [0.15, 0.2) is 0 Å². The predicted octanol–water partition coefficient (Wildman–Crippen LogP) is 2.15. The fraction of sp³-hybridized carbons (Fsp3) is 0.263. The van der Waals surface area contributed by atoms with E-state index in [1.165, 1.54) is 11.1 Å². The smallest absolute Gasteiger partial charge is 0.251 e. The molecular weight excluding hydrogens is 302 g/mol. The Morgan fingerprint density at radius 1 is 1.17 bits per heavy atom. The van der Waals surface area contributed by atoms with Gasteiger partial charge in [-0.25, -0.2) is 0 Å². The third-order valence-electron chi connectivity index (χ3n) is 4.68. The molecule has 5 nitrogen and oxygen atoms in total. The van der Waals surface area contributed by atoms with E-state index < -0.39 is 0 Å². The monoisotopic (exact) mass is 321 g/mol. The van der Waals surface area contributed by atoms with E-state index in [0.29, 0.717) is 24.2 Å². The number of nitrogens with one attached hydrogen (secondary N) is 3. The van der Waals surface area contributed by atoms with E-state index >= 15 is 0 Å². The molecule has 0 aliphatic carbocycles. The first-order valence-electron chi connectivity index (χ1n) is 8.23. The van der Waals surface area contributed by atoms with Crippen molar-refractivity contribution in [2.75, 3.05) is 11.9 Å². The van der Waals surface area contributed by atoms with Crippen molar-refractivity contribution in [2.24, 2.45) is 0 Å². The molecule has 0 aromatic heterocycles. The van der Waals surface area contributed by atoms with Crippen LogP contribution in [-0.4, -0.2) is 18.4 Å². The maximum absolute atomic E-state index is 12.4. The van der Waals surface area contributed by atoms with E-state index in [1.54, 1.807) is 6.07 Å². The van der Waals surface area contributed by atoms with E-state index in [9.17, 15) is 9.59 Å². The van der Waals surface area contributed by atoms with Gasteiger partial charge in [-0.3, -0.25) is 9.59 Å². The van der Waals surface area contributed by atoms with Crippen LogP contribution < -0.4 is 16.0 Å². The molecule has 24 heavy (non-hydrogen) atoms. The molecule has 0 fully saturated rings. The molecule has 4 rings (SSSR count). The summed E-state index contributed by atoms with van der Waals surface area (Å²) in [5, 5.41) is 9.11. The van der Waals surface area contributed by atoms with Gasteiger partial charge in [-0.05, 0) is 41.8 Å². The Hall–Kier alpha value is -2.66. The van der Waals surface area contributed by atoms with Crippen LogP contribution in [0.25, 0.3) is 0 Å². The van der Waals surface area contributed by atoms with Crippen molar-refractivity contribution < 1.29 is 9.59 Å². The highest BCUT2D eigenvalue weighted by Gasteiger charge is 2.23. The SMILES string of the molecule is O=C(CC1NCCc2ccccc21)Nc1ccc2c(c1)C(=O)NC2. The Kier molecular flexibility index (Phi) is 3.78. The molecule has 2 heterocycles. The first-order valence-corrected chi connectivity index (χ1v) is 8.23. The summed E-state index contributed by atoms with van der Waals surface area (Å²) in [4.78, 5) is 24.1. The average molecular weight is 321 g/mol. The first kappa shape index (κ1) is 14.9. The van der Waals surface area contributed by atoms with E-state index in [4.69, 9.17) is 0 Å². The molecule has 2 aromatic carbocycles. The standard InChI is InChI=1S/C19H19N3O2/c23-18(10-17-15-4-2-1-3-12(15)7-8-20-17)22-14-6-5-13-11-21-19(24)16(13)9-14/h1-6,9,17,20H,7-8,10-11H2,(H,21,24)(H,22,23). The minimum absolute atomic E-state index is 0.0349. The Morgan fingerprint density at radius 3 is 2.96 bits per heavy atom. The lowest BCUT2D eigenvalue weighted by Crippen LogP contribution is -2.32. The van der Waals surface area contributed by atoms with Crippen LogP contribution in [0.1, 0.15) is 39.5 Å². The van der Waals surface area contributed by atoms with E-state index in [2.05, 4.69) is 28.1 Å². The third-order valence-corrected chi connectivity index (χ3v) is 4.68. The van der Waals surface area contributed by atoms with Crippen molar-refractivity contribution in [1.82, 2.24) is 10.6 Å². The predicted molar refractivity (Wildman–Crippen MR) is 91.7 cm³/mol. The second-order valence-electron chi connectivity index (χ2n) is 6.26. The second kappa shape index (κ2) is 6.09. The number of anilines is 1. The van der Waals surface area contributed by atoms with Gasteiger partial charge in [0, 0.05) is 30.3 Å². The van der Waals surface area contributed by atoms with Crippen LogP contribution in [0.2, 0.25) is 0 Å². The van der Waals surface area contributed by atoms with Gasteiger partial charge in [-0.15, -0.1) is 0 Å². The maximum Gasteiger partial charge on any atom is 0.251 e. The summed E-state index contributed by atoms with van der Waals surface area (Å²) in [7, 11) is 0. The summed E-state index contributed by atoms with van der Waals surface area (Å²) in [6.45, 7) is 1.44. The van der Waals surface area contributed by atoms with Crippen LogP contribution in [0.4, 0.5) is 5.69 Å². The van der Waals surface area contributed by atoms with Gasteiger partial charge in [0.2, 0.25) is 5.91 Å². The lowest BCUT2D eigenvalue weighted by atomic mass is 9.92. The molecule has 1 unspecified atom stereocenters. The summed E-state index contributed by atoms with van der Waals surface area (Å²) in [6, 6.07) is 13.8. The van der Waals surface area contributed by atoms with Gasteiger partial charge in [0.05, 0.1) is 0 Å². The molecule has 2 amide bonds. The zero-order valence-electron chi connectivity index (χ0n) is 13.3. The van der Waals surface area contributed by atoms with E-state index in [1.807, 2.05) is 24.3 Å². The van der Waals surface area contributed by atoms with Gasteiger partial charge in [-0.1, -0.05) is 30.3 Å². The Balaban J connectivity index is 1.47. The molecule has 2 aromatic rings. The molecular formula is C19H19N3O2. The minimum atomic E-state index is -0.0797. The van der Waals surface area contributed by atoms with E-state index in [-0.39, 0.29) is 17.9 Å². The molecule has 2 aliphatic rings. The number of carbonyl (C=O) groups is 2. The zero-order valence-corrected chi connectivity index (χ0v) is 13.3. The summed E-state index contributed by atoms with van der Waals surface area (Å²) < 4.78 is 0. The average Bonchev–Trinajstić information content (AvgIpc) is 2.96. The minimum Gasteiger partial charge on any atom is -0.348 e. The van der Waals surface area contributed by atoms with Crippen molar-refractivity contribution in [3.8, 4) is 0 Å². The van der Waals surface area contributed by atoms with Crippen LogP contribution in [0.3, 0.4) is 0 Å². The molecule has 5 heteroatoms. The summed E-state index contributed by atoms with van der Waals surface area (Å²) in [5.41, 5.74) is 4.80. The summed E-state index contributed by atoms with van der Waals surface area (Å²) in [6.07, 6.45) is 1.37. The molecule has 0 saturated carbocycles. The molecule has 2 aliphatic heterocycles. The molecule has 1 atom stereocenters. The Bertz CT molecular complexity index is 816. The number of benzene rings is 2. The van der Waals surface area contributed by atoms with Crippen molar-refractivity contribution in [1.29, 1.82) is 0 Å². The third kappa shape index (κ3) is 2.78. The largest absolute Gasteiger partial charge is 0.348 e. The zero-order chi connectivity index (χ0) is 16.5. The molecule has 3 N–H and O–H groups in total. The van der Waals surface area contributed by atoms with Gasteiger partial charge < -0.3 is 16.0 Å². The molecule has 0 saturated heterocycles. The van der Waals surface area contributed by atoms with Crippen molar-refractivity contribution in [3.05, 3.63) is 64.7 Å². The summed E-state index contributed by atoms with van der Waals surface area (Å²) >= 11 is 0. The number of fused-ring (bicyclic) bond motifs is 2. The van der Waals surface area contributed by atoms with Crippen LogP contribution >= 0.6 is 0 Å². The quantitative estimate of drug-likeness (QED) is 0.811. The molecule has 122 valence electrons. The lowest BCUT2D eigenvalue weighted by Gasteiger charge is -2.26. The molecule has 0 radical (unpaired) electrons. The number of carbonyl (C=O) groups excluding carboxylic acids is 2. The van der Waals surface area contributed by atoms with E-state index in [0.717, 1.165) is 18.5 Å². The van der Waals surface area contributed by atoms with Gasteiger partial charge in [0.1, 0.15) is 0 Å². The van der Waals surface area contributed by atoms with Crippen LogP contribution in [-0.2, 0) is 17.8 Å². The van der Waals surface area contributed by atoms with Gasteiger partial charge >= 0.3 is 0 Å². The fourth-order valence-corrected chi connectivity index (χ4v) is 3.46.